The maximum atomic E-state index is 12.3. The molecule has 0 atom stereocenters. The van der Waals surface area contributed by atoms with Crippen LogP contribution in [0.4, 0.5) is 0 Å². The number of hydrogen-bond donors (Lipinski definition) is 0. The molecule has 0 saturated heterocycles. The Morgan fingerprint density at radius 1 is 0.810 bits per heavy atom. The van der Waals surface area contributed by atoms with Crippen molar-refractivity contribution in [1.29, 1.82) is 0 Å². The van der Waals surface area contributed by atoms with Crippen molar-refractivity contribution in [1.82, 2.24) is 0 Å². The first kappa shape index (κ1) is 14.9. The zero-order chi connectivity index (χ0) is 15.2. The monoisotopic (exact) mass is 286 g/mol. The molecule has 0 unspecified atom stereocenters. The van der Waals surface area contributed by atoms with Crippen LogP contribution in [0, 0.1) is 0 Å². The summed E-state index contributed by atoms with van der Waals surface area (Å²) in [6, 6.07) is 14.8. The molecule has 2 rings (SSSR count). The van der Waals surface area contributed by atoms with E-state index in [1.807, 2.05) is 48.5 Å². The zero-order valence-electron chi connectivity index (χ0n) is 12.3. The number of carbonyl (C=O) groups is 1. The maximum Gasteiger partial charge on any atom is 0.317 e. The van der Waals surface area contributed by atoms with Crippen LogP contribution in [0.2, 0.25) is 0 Å². The van der Waals surface area contributed by atoms with Gasteiger partial charge in [-0.25, -0.2) is 0 Å². The van der Waals surface area contributed by atoms with Crippen LogP contribution in [-0.4, -0.2) is 27.3 Å². The number of carbonyl (C=O) groups excluding carboxylic acids is 1. The fourth-order valence-electron chi connectivity index (χ4n) is 2.35. The van der Waals surface area contributed by atoms with Gasteiger partial charge < -0.3 is 14.2 Å². The Kier molecular flexibility index (Phi) is 4.82. The molecule has 0 bridgehead atoms. The molecule has 110 valence electrons. The fraction of sp³-hybridized carbons (Fsp3) is 0.235. The predicted octanol–water partition coefficient (Wildman–Crippen LogP) is 3.01. The smallest absolute Gasteiger partial charge is 0.317 e. The number of para-hydroxylation sites is 2. The van der Waals surface area contributed by atoms with E-state index in [1.54, 1.807) is 14.2 Å². The minimum absolute atomic E-state index is 0.357. The Hall–Kier alpha value is -2.49. The normalized spacial score (nSPS) is 10.3. The van der Waals surface area contributed by atoms with Crippen LogP contribution in [0.25, 0.3) is 0 Å². The SMILES string of the molecule is COC(=O)C(c1ccccc1OC)c1ccccc1OC. The van der Waals surface area contributed by atoms with Crippen LogP contribution in [0.15, 0.2) is 48.5 Å². The highest BCUT2D eigenvalue weighted by Crippen LogP contribution is 2.37. The summed E-state index contributed by atoms with van der Waals surface area (Å²) < 4.78 is 15.7. The van der Waals surface area contributed by atoms with Crippen molar-refractivity contribution in [3.8, 4) is 11.5 Å². The molecule has 4 heteroatoms. The summed E-state index contributed by atoms with van der Waals surface area (Å²) in [5.41, 5.74) is 1.49. The molecule has 0 spiro atoms. The van der Waals surface area contributed by atoms with E-state index in [9.17, 15) is 4.79 Å². The summed E-state index contributed by atoms with van der Waals surface area (Å²) >= 11 is 0. The third-order valence-corrected chi connectivity index (χ3v) is 3.34. The number of methoxy groups -OCH3 is 3. The molecule has 0 aliphatic rings. The van der Waals surface area contributed by atoms with Gasteiger partial charge in [0, 0.05) is 11.1 Å². The Bertz CT molecular complexity index is 574. The third-order valence-electron chi connectivity index (χ3n) is 3.34. The standard InChI is InChI=1S/C17H18O4/c1-19-14-10-6-4-8-12(14)16(17(18)21-3)13-9-5-7-11-15(13)20-2/h4-11,16H,1-3H3. The summed E-state index contributed by atoms with van der Waals surface area (Å²) in [7, 11) is 4.53. The lowest BCUT2D eigenvalue weighted by Crippen LogP contribution is -2.17. The highest BCUT2D eigenvalue weighted by molar-refractivity contribution is 5.84. The summed E-state index contributed by atoms with van der Waals surface area (Å²) in [5, 5.41) is 0. The van der Waals surface area contributed by atoms with E-state index in [1.165, 1.54) is 7.11 Å². The Morgan fingerprint density at radius 2 is 1.24 bits per heavy atom. The Balaban J connectivity index is 2.61. The topological polar surface area (TPSA) is 44.8 Å². The molecule has 0 aliphatic carbocycles. The minimum atomic E-state index is -0.595. The van der Waals surface area contributed by atoms with Crippen LogP contribution < -0.4 is 9.47 Å². The van der Waals surface area contributed by atoms with Crippen LogP contribution in [0.3, 0.4) is 0 Å². The first-order valence-corrected chi connectivity index (χ1v) is 6.56. The first-order chi connectivity index (χ1) is 10.2. The van der Waals surface area contributed by atoms with E-state index < -0.39 is 5.92 Å². The number of rotatable bonds is 5. The van der Waals surface area contributed by atoms with Crippen LogP contribution in [0.5, 0.6) is 11.5 Å². The first-order valence-electron chi connectivity index (χ1n) is 6.56. The molecule has 21 heavy (non-hydrogen) atoms. The third kappa shape index (κ3) is 2.99. The highest BCUT2D eigenvalue weighted by Gasteiger charge is 2.29. The largest absolute Gasteiger partial charge is 0.496 e. The van der Waals surface area contributed by atoms with E-state index in [2.05, 4.69) is 0 Å². The van der Waals surface area contributed by atoms with Crippen LogP contribution >= 0.6 is 0 Å². The molecule has 0 fully saturated rings. The average Bonchev–Trinajstić information content (AvgIpc) is 2.55. The second-order valence-electron chi connectivity index (χ2n) is 4.44. The predicted molar refractivity (Wildman–Crippen MR) is 79.8 cm³/mol. The van der Waals surface area contributed by atoms with E-state index >= 15 is 0 Å². The van der Waals surface area contributed by atoms with Crippen molar-refractivity contribution in [3.05, 3.63) is 59.7 Å². The zero-order valence-corrected chi connectivity index (χ0v) is 12.3. The molecule has 4 nitrogen and oxygen atoms in total. The van der Waals surface area contributed by atoms with Gasteiger partial charge in [0.2, 0.25) is 0 Å². The lowest BCUT2D eigenvalue weighted by atomic mass is 9.90. The summed E-state index contributed by atoms with van der Waals surface area (Å²) in [6.45, 7) is 0. The van der Waals surface area contributed by atoms with Crippen molar-refractivity contribution in [2.45, 2.75) is 5.92 Å². The lowest BCUT2D eigenvalue weighted by molar-refractivity contribution is -0.141. The molecule has 0 aromatic heterocycles. The van der Waals surface area contributed by atoms with E-state index in [0.29, 0.717) is 11.5 Å². The number of esters is 1. The highest BCUT2D eigenvalue weighted by atomic mass is 16.5. The van der Waals surface area contributed by atoms with Gasteiger partial charge in [0.15, 0.2) is 0 Å². The Labute approximate surface area is 124 Å². The van der Waals surface area contributed by atoms with Gasteiger partial charge in [-0.15, -0.1) is 0 Å². The molecule has 2 aromatic rings. The molecule has 0 heterocycles. The minimum Gasteiger partial charge on any atom is -0.496 e. The van der Waals surface area contributed by atoms with Gasteiger partial charge >= 0.3 is 5.97 Å². The summed E-state index contributed by atoms with van der Waals surface area (Å²) in [6.07, 6.45) is 0. The molecule has 0 radical (unpaired) electrons. The molecule has 0 saturated carbocycles. The maximum absolute atomic E-state index is 12.3. The van der Waals surface area contributed by atoms with Crippen molar-refractivity contribution in [2.24, 2.45) is 0 Å². The number of hydrogen-bond acceptors (Lipinski definition) is 4. The van der Waals surface area contributed by atoms with Gasteiger partial charge in [-0.3, -0.25) is 4.79 Å². The van der Waals surface area contributed by atoms with Gasteiger partial charge in [0.1, 0.15) is 17.4 Å². The summed E-state index contributed by atoms with van der Waals surface area (Å²) in [4.78, 5) is 12.3. The van der Waals surface area contributed by atoms with Crippen LogP contribution in [0.1, 0.15) is 17.0 Å². The van der Waals surface area contributed by atoms with Gasteiger partial charge in [-0.2, -0.15) is 0 Å². The quantitative estimate of drug-likeness (QED) is 0.793. The van der Waals surface area contributed by atoms with Crippen molar-refractivity contribution in [3.63, 3.8) is 0 Å². The summed E-state index contributed by atoms with van der Waals surface area (Å²) in [5.74, 6) is 0.323. The molecular weight excluding hydrogens is 268 g/mol. The Morgan fingerprint density at radius 3 is 1.62 bits per heavy atom. The van der Waals surface area contributed by atoms with Crippen molar-refractivity contribution in [2.75, 3.05) is 21.3 Å². The number of ether oxygens (including phenoxy) is 3. The lowest BCUT2D eigenvalue weighted by Gasteiger charge is -2.20. The van der Waals surface area contributed by atoms with E-state index in [-0.39, 0.29) is 5.97 Å². The van der Waals surface area contributed by atoms with Gasteiger partial charge in [-0.05, 0) is 12.1 Å². The second-order valence-corrected chi connectivity index (χ2v) is 4.44. The van der Waals surface area contributed by atoms with E-state index in [4.69, 9.17) is 14.2 Å². The number of benzene rings is 2. The van der Waals surface area contributed by atoms with Crippen molar-refractivity contribution >= 4 is 5.97 Å². The van der Waals surface area contributed by atoms with Gasteiger partial charge in [0.25, 0.3) is 0 Å². The molecular formula is C17H18O4. The van der Waals surface area contributed by atoms with Crippen LogP contribution in [-0.2, 0) is 9.53 Å². The second kappa shape index (κ2) is 6.79. The molecule has 2 aromatic carbocycles. The fourth-order valence-corrected chi connectivity index (χ4v) is 2.35. The molecule has 0 amide bonds. The molecule has 0 aliphatic heterocycles. The van der Waals surface area contributed by atoms with Gasteiger partial charge in [0.05, 0.1) is 21.3 Å². The van der Waals surface area contributed by atoms with Gasteiger partial charge in [-0.1, -0.05) is 36.4 Å². The average molecular weight is 286 g/mol. The molecule has 0 N–H and O–H groups in total. The van der Waals surface area contributed by atoms with Crippen molar-refractivity contribution < 1.29 is 19.0 Å². The van der Waals surface area contributed by atoms with E-state index in [0.717, 1.165) is 11.1 Å².